The van der Waals surface area contributed by atoms with Crippen molar-refractivity contribution in [2.45, 2.75) is 0 Å². The predicted octanol–water partition coefficient (Wildman–Crippen LogP) is 2.17. The molecule has 2 aromatic heterocycles. The summed E-state index contributed by atoms with van der Waals surface area (Å²) in [5, 5.41) is 4.35. The standard InChI is InChI=1S/C18H19N5O2/c1-24-17-5-4-14(11-16(17)22-7-9-25-10-8-22)18-20-13-21-23(18)15-3-2-6-19-12-15/h2-6,11-13H,7-10H2,1H3. The first-order chi connectivity index (χ1) is 12.4. The molecule has 0 aliphatic carbocycles. The van der Waals surface area contributed by atoms with E-state index in [0.717, 1.165) is 54.8 Å². The number of ether oxygens (including phenoxy) is 2. The van der Waals surface area contributed by atoms with Crippen molar-refractivity contribution in [1.82, 2.24) is 19.7 Å². The molecule has 3 heterocycles. The van der Waals surface area contributed by atoms with Gasteiger partial charge in [0.25, 0.3) is 0 Å². The zero-order valence-electron chi connectivity index (χ0n) is 14.0. The van der Waals surface area contributed by atoms with Gasteiger partial charge >= 0.3 is 0 Å². The number of pyridine rings is 1. The summed E-state index contributed by atoms with van der Waals surface area (Å²) in [5.41, 5.74) is 2.89. The molecule has 0 spiro atoms. The van der Waals surface area contributed by atoms with E-state index in [1.807, 2.05) is 24.3 Å². The maximum atomic E-state index is 5.55. The van der Waals surface area contributed by atoms with Gasteiger partial charge in [-0.3, -0.25) is 4.98 Å². The average Bonchev–Trinajstić information content (AvgIpc) is 3.19. The van der Waals surface area contributed by atoms with Crippen LogP contribution in [-0.4, -0.2) is 53.2 Å². The van der Waals surface area contributed by atoms with Crippen LogP contribution in [0.25, 0.3) is 17.1 Å². The van der Waals surface area contributed by atoms with Gasteiger partial charge in [0.05, 0.1) is 37.9 Å². The fraction of sp³-hybridized carbons (Fsp3) is 0.278. The van der Waals surface area contributed by atoms with E-state index in [-0.39, 0.29) is 0 Å². The Kier molecular flexibility index (Phi) is 4.30. The molecule has 0 amide bonds. The summed E-state index contributed by atoms with van der Waals surface area (Å²) in [6.45, 7) is 3.13. The van der Waals surface area contributed by atoms with Crippen LogP contribution in [0.15, 0.2) is 49.1 Å². The van der Waals surface area contributed by atoms with Gasteiger partial charge in [0.1, 0.15) is 12.1 Å². The maximum Gasteiger partial charge on any atom is 0.163 e. The summed E-state index contributed by atoms with van der Waals surface area (Å²) in [7, 11) is 1.69. The van der Waals surface area contributed by atoms with Gasteiger partial charge in [0.2, 0.25) is 0 Å². The Balaban J connectivity index is 1.76. The summed E-state index contributed by atoms with van der Waals surface area (Å²) in [6.07, 6.45) is 5.07. The number of morpholine rings is 1. The third kappa shape index (κ3) is 3.06. The second-order valence-electron chi connectivity index (χ2n) is 5.69. The summed E-state index contributed by atoms with van der Waals surface area (Å²) in [5.74, 6) is 1.61. The van der Waals surface area contributed by atoms with Crippen molar-refractivity contribution in [2.75, 3.05) is 38.3 Å². The molecule has 128 valence electrons. The van der Waals surface area contributed by atoms with Crippen molar-refractivity contribution in [1.29, 1.82) is 0 Å². The van der Waals surface area contributed by atoms with Crippen molar-refractivity contribution in [3.8, 4) is 22.8 Å². The summed E-state index contributed by atoms with van der Waals surface area (Å²) >= 11 is 0. The fourth-order valence-electron chi connectivity index (χ4n) is 2.99. The topological polar surface area (TPSA) is 65.3 Å². The number of rotatable bonds is 4. The van der Waals surface area contributed by atoms with Crippen molar-refractivity contribution in [3.63, 3.8) is 0 Å². The normalized spacial score (nSPS) is 14.5. The van der Waals surface area contributed by atoms with Crippen LogP contribution >= 0.6 is 0 Å². The Morgan fingerprint density at radius 3 is 2.80 bits per heavy atom. The third-order valence-electron chi connectivity index (χ3n) is 4.23. The Hall–Kier alpha value is -2.93. The van der Waals surface area contributed by atoms with Crippen LogP contribution in [0.2, 0.25) is 0 Å². The number of aromatic nitrogens is 4. The number of hydrogen-bond donors (Lipinski definition) is 0. The molecule has 0 N–H and O–H groups in total. The largest absolute Gasteiger partial charge is 0.495 e. The zero-order chi connectivity index (χ0) is 17.1. The van der Waals surface area contributed by atoms with Crippen molar-refractivity contribution >= 4 is 5.69 Å². The van der Waals surface area contributed by atoms with Crippen LogP contribution < -0.4 is 9.64 Å². The Morgan fingerprint density at radius 2 is 2.04 bits per heavy atom. The van der Waals surface area contributed by atoms with Crippen LogP contribution in [0.4, 0.5) is 5.69 Å². The van der Waals surface area contributed by atoms with Crippen LogP contribution in [0.5, 0.6) is 5.75 Å². The van der Waals surface area contributed by atoms with Gasteiger partial charge < -0.3 is 14.4 Å². The van der Waals surface area contributed by atoms with E-state index in [1.54, 1.807) is 30.5 Å². The average molecular weight is 337 g/mol. The third-order valence-corrected chi connectivity index (χ3v) is 4.23. The SMILES string of the molecule is COc1ccc(-c2ncnn2-c2cccnc2)cc1N1CCOCC1. The molecule has 4 rings (SSSR count). The van der Waals surface area contributed by atoms with Gasteiger partial charge in [-0.15, -0.1) is 0 Å². The molecule has 1 aliphatic heterocycles. The summed E-state index contributed by atoms with van der Waals surface area (Å²) in [6, 6.07) is 9.91. The van der Waals surface area contributed by atoms with E-state index in [4.69, 9.17) is 9.47 Å². The second kappa shape index (κ2) is 6.90. The van der Waals surface area contributed by atoms with E-state index >= 15 is 0 Å². The minimum atomic E-state index is 0.721. The first-order valence-corrected chi connectivity index (χ1v) is 8.18. The number of nitrogens with zero attached hydrogens (tertiary/aromatic N) is 5. The van der Waals surface area contributed by atoms with Crippen LogP contribution in [0.1, 0.15) is 0 Å². The molecule has 0 radical (unpaired) electrons. The highest BCUT2D eigenvalue weighted by Crippen LogP contribution is 2.33. The molecular formula is C18H19N5O2. The minimum absolute atomic E-state index is 0.721. The fourth-order valence-corrected chi connectivity index (χ4v) is 2.99. The quantitative estimate of drug-likeness (QED) is 0.727. The number of hydrogen-bond acceptors (Lipinski definition) is 6. The molecule has 1 aromatic carbocycles. The molecule has 0 saturated carbocycles. The van der Waals surface area contributed by atoms with Gasteiger partial charge in [0.15, 0.2) is 5.82 Å². The predicted molar refractivity (Wildman–Crippen MR) is 94.2 cm³/mol. The van der Waals surface area contributed by atoms with E-state index in [2.05, 4.69) is 26.0 Å². The van der Waals surface area contributed by atoms with Gasteiger partial charge in [-0.2, -0.15) is 5.10 Å². The second-order valence-corrected chi connectivity index (χ2v) is 5.69. The molecule has 25 heavy (non-hydrogen) atoms. The first kappa shape index (κ1) is 15.6. The molecule has 0 bridgehead atoms. The highest BCUT2D eigenvalue weighted by molar-refractivity contribution is 5.70. The van der Waals surface area contributed by atoms with Gasteiger partial charge in [-0.1, -0.05) is 0 Å². The molecule has 0 unspecified atom stereocenters. The van der Waals surface area contributed by atoms with E-state index in [9.17, 15) is 0 Å². The van der Waals surface area contributed by atoms with Crippen molar-refractivity contribution < 1.29 is 9.47 Å². The summed E-state index contributed by atoms with van der Waals surface area (Å²) in [4.78, 5) is 10.9. The molecule has 7 heteroatoms. The van der Waals surface area contributed by atoms with E-state index in [1.165, 1.54) is 0 Å². The molecule has 0 atom stereocenters. The Labute approximate surface area is 145 Å². The van der Waals surface area contributed by atoms with Crippen molar-refractivity contribution in [3.05, 3.63) is 49.1 Å². The highest BCUT2D eigenvalue weighted by Gasteiger charge is 2.18. The number of anilines is 1. The lowest BCUT2D eigenvalue weighted by Crippen LogP contribution is -2.36. The number of methoxy groups -OCH3 is 1. The van der Waals surface area contributed by atoms with Crippen LogP contribution in [0.3, 0.4) is 0 Å². The molecule has 1 saturated heterocycles. The van der Waals surface area contributed by atoms with Gasteiger partial charge in [0, 0.05) is 24.8 Å². The molecular weight excluding hydrogens is 318 g/mol. The summed E-state index contributed by atoms with van der Waals surface area (Å²) < 4.78 is 12.8. The lowest BCUT2D eigenvalue weighted by Gasteiger charge is -2.30. The molecule has 7 nitrogen and oxygen atoms in total. The monoisotopic (exact) mass is 337 g/mol. The van der Waals surface area contributed by atoms with Crippen molar-refractivity contribution in [2.24, 2.45) is 0 Å². The first-order valence-electron chi connectivity index (χ1n) is 8.18. The van der Waals surface area contributed by atoms with Crippen LogP contribution in [0, 0.1) is 0 Å². The van der Waals surface area contributed by atoms with Crippen LogP contribution in [-0.2, 0) is 4.74 Å². The molecule has 1 aliphatic rings. The lowest BCUT2D eigenvalue weighted by molar-refractivity contribution is 0.122. The Bertz CT molecular complexity index is 844. The molecule has 1 fully saturated rings. The lowest BCUT2D eigenvalue weighted by atomic mass is 10.1. The maximum absolute atomic E-state index is 5.55. The minimum Gasteiger partial charge on any atom is -0.495 e. The highest BCUT2D eigenvalue weighted by atomic mass is 16.5. The smallest absolute Gasteiger partial charge is 0.163 e. The zero-order valence-corrected chi connectivity index (χ0v) is 14.0. The Morgan fingerprint density at radius 1 is 1.16 bits per heavy atom. The van der Waals surface area contributed by atoms with E-state index < -0.39 is 0 Å². The van der Waals surface area contributed by atoms with Gasteiger partial charge in [-0.25, -0.2) is 9.67 Å². The van der Waals surface area contributed by atoms with E-state index in [0.29, 0.717) is 0 Å². The number of benzene rings is 1. The molecule has 3 aromatic rings. The van der Waals surface area contributed by atoms with Gasteiger partial charge in [-0.05, 0) is 30.3 Å².